The van der Waals surface area contributed by atoms with Crippen LogP contribution < -0.4 is 0 Å². The predicted octanol–water partition coefficient (Wildman–Crippen LogP) is 3.37. The molecule has 0 saturated carbocycles. The molecule has 0 bridgehead atoms. The van der Waals surface area contributed by atoms with E-state index in [0.717, 1.165) is 6.54 Å². The third-order valence-corrected chi connectivity index (χ3v) is 7.90. The molecule has 6 heteroatoms. The van der Waals surface area contributed by atoms with Gasteiger partial charge in [-0.1, -0.05) is 48.0 Å². The fraction of sp³-hybridized carbons (Fsp3) is 0.409. The third kappa shape index (κ3) is 3.98. The first kappa shape index (κ1) is 20.6. The minimum Gasteiger partial charge on any atom is -0.465 e. The second-order valence-electron chi connectivity index (χ2n) is 7.29. The molecule has 150 valence electrons. The van der Waals surface area contributed by atoms with Crippen molar-refractivity contribution in [2.75, 3.05) is 19.7 Å². The Balaban J connectivity index is 1.83. The number of esters is 1. The molecule has 1 fully saturated rings. The van der Waals surface area contributed by atoms with Gasteiger partial charge in [0, 0.05) is 19.6 Å². The summed E-state index contributed by atoms with van der Waals surface area (Å²) in [7, 11) is -3.85. The van der Waals surface area contributed by atoms with Crippen LogP contribution in [0, 0.1) is 6.92 Å². The van der Waals surface area contributed by atoms with Crippen LogP contribution in [0.5, 0.6) is 0 Å². The second-order valence-corrected chi connectivity index (χ2v) is 9.55. The van der Waals surface area contributed by atoms with Crippen LogP contribution in [0.3, 0.4) is 0 Å². The van der Waals surface area contributed by atoms with Crippen LogP contribution in [0.4, 0.5) is 0 Å². The molecule has 0 unspecified atom stereocenters. The molecule has 0 N–H and O–H groups in total. The molecule has 1 heterocycles. The fourth-order valence-corrected chi connectivity index (χ4v) is 5.66. The molecule has 0 atom stereocenters. The number of likely N-dealkylation sites (tertiary alicyclic amines) is 1. The zero-order valence-corrected chi connectivity index (χ0v) is 17.2. The van der Waals surface area contributed by atoms with Gasteiger partial charge in [0.15, 0.2) is 14.6 Å². The number of ether oxygens (including phenoxy) is 1. The smallest absolute Gasteiger partial charge is 0.327 e. The molecule has 2 aromatic carbocycles. The molecule has 1 saturated heterocycles. The lowest BCUT2D eigenvalue weighted by molar-refractivity contribution is -0.147. The summed E-state index contributed by atoms with van der Waals surface area (Å²) in [5.74, 6) is -0.631. The maximum Gasteiger partial charge on any atom is 0.327 e. The number of sulfone groups is 1. The first-order valence-electron chi connectivity index (χ1n) is 9.64. The fourth-order valence-electron chi connectivity index (χ4n) is 3.69. The van der Waals surface area contributed by atoms with Gasteiger partial charge in [0.1, 0.15) is 0 Å². The Morgan fingerprint density at radius 1 is 1.04 bits per heavy atom. The average Bonchev–Trinajstić information content (AvgIpc) is 2.71. The number of benzene rings is 2. The van der Waals surface area contributed by atoms with Crippen LogP contribution in [-0.4, -0.2) is 43.7 Å². The van der Waals surface area contributed by atoms with Gasteiger partial charge in [-0.15, -0.1) is 0 Å². The van der Waals surface area contributed by atoms with E-state index in [0.29, 0.717) is 13.1 Å². The van der Waals surface area contributed by atoms with E-state index in [1.165, 1.54) is 11.1 Å². The number of piperidine rings is 1. The molecular weight excluding hydrogens is 374 g/mol. The summed E-state index contributed by atoms with van der Waals surface area (Å²) in [6, 6.07) is 16.5. The van der Waals surface area contributed by atoms with Gasteiger partial charge in [-0.25, -0.2) is 8.42 Å². The third-order valence-electron chi connectivity index (χ3n) is 5.41. The van der Waals surface area contributed by atoms with Crippen molar-refractivity contribution in [2.45, 2.75) is 42.9 Å². The van der Waals surface area contributed by atoms with Crippen LogP contribution in [0.1, 0.15) is 30.9 Å². The van der Waals surface area contributed by atoms with E-state index in [-0.39, 0.29) is 24.3 Å². The first-order valence-corrected chi connectivity index (χ1v) is 11.1. The van der Waals surface area contributed by atoms with Crippen molar-refractivity contribution in [3.8, 4) is 0 Å². The average molecular weight is 402 g/mol. The molecule has 28 heavy (non-hydrogen) atoms. The minimum absolute atomic E-state index is 0.165. The van der Waals surface area contributed by atoms with Gasteiger partial charge in [-0.05, 0) is 44.4 Å². The van der Waals surface area contributed by atoms with Crippen LogP contribution in [-0.2, 0) is 25.9 Å². The summed E-state index contributed by atoms with van der Waals surface area (Å²) in [6.45, 7) is 5.71. The highest BCUT2D eigenvalue weighted by atomic mass is 32.2. The minimum atomic E-state index is -3.85. The molecule has 1 aliphatic rings. The topological polar surface area (TPSA) is 63.7 Å². The van der Waals surface area contributed by atoms with Gasteiger partial charge in [0.2, 0.25) is 0 Å². The van der Waals surface area contributed by atoms with Crippen LogP contribution >= 0.6 is 0 Å². The Kier molecular flexibility index (Phi) is 6.20. The van der Waals surface area contributed by atoms with Crippen molar-refractivity contribution in [2.24, 2.45) is 0 Å². The maximum absolute atomic E-state index is 13.4. The normalized spacial score (nSPS) is 17.2. The number of carbonyl (C=O) groups excluding carboxylic acids is 1. The summed E-state index contributed by atoms with van der Waals surface area (Å²) in [4.78, 5) is 15.2. The van der Waals surface area contributed by atoms with E-state index in [1.54, 1.807) is 37.3 Å². The summed E-state index contributed by atoms with van der Waals surface area (Å²) in [5.41, 5.74) is 2.39. The van der Waals surface area contributed by atoms with E-state index in [2.05, 4.69) is 29.2 Å². The monoisotopic (exact) mass is 401 g/mol. The van der Waals surface area contributed by atoms with E-state index < -0.39 is 20.6 Å². The molecule has 0 aliphatic carbocycles. The molecule has 1 aliphatic heterocycles. The van der Waals surface area contributed by atoms with Crippen LogP contribution in [0.2, 0.25) is 0 Å². The Morgan fingerprint density at radius 3 is 2.21 bits per heavy atom. The zero-order valence-electron chi connectivity index (χ0n) is 16.4. The molecule has 0 amide bonds. The summed E-state index contributed by atoms with van der Waals surface area (Å²) in [6.07, 6.45) is 0.462. The lowest BCUT2D eigenvalue weighted by atomic mass is 9.95. The lowest BCUT2D eigenvalue weighted by Gasteiger charge is -2.39. The van der Waals surface area contributed by atoms with Gasteiger partial charge in [-0.2, -0.15) is 0 Å². The van der Waals surface area contributed by atoms with Crippen molar-refractivity contribution >= 4 is 15.8 Å². The Labute approximate surface area is 167 Å². The molecule has 0 radical (unpaired) electrons. The highest BCUT2D eigenvalue weighted by Crippen LogP contribution is 2.37. The quantitative estimate of drug-likeness (QED) is 0.695. The number of nitrogens with zero attached hydrogens (tertiary/aromatic N) is 1. The van der Waals surface area contributed by atoms with E-state index in [9.17, 15) is 13.2 Å². The number of aryl methyl sites for hydroxylation is 1. The summed E-state index contributed by atoms with van der Waals surface area (Å²) < 4.78 is 30.5. The van der Waals surface area contributed by atoms with Gasteiger partial charge in [-0.3, -0.25) is 9.69 Å². The number of carbonyl (C=O) groups is 1. The molecular formula is C22H27NO4S. The molecule has 0 aromatic heterocycles. The van der Waals surface area contributed by atoms with Gasteiger partial charge < -0.3 is 4.74 Å². The number of hydrogen-bond donors (Lipinski definition) is 0. The molecule has 2 aromatic rings. The van der Waals surface area contributed by atoms with Crippen LogP contribution in [0.25, 0.3) is 0 Å². The molecule has 5 nitrogen and oxygen atoms in total. The Morgan fingerprint density at radius 2 is 1.64 bits per heavy atom. The van der Waals surface area contributed by atoms with Gasteiger partial charge >= 0.3 is 5.97 Å². The number of rotatable bonds is 6. The zero-order chi connectivity index (χ0) is 20.2. The van der Waals surface area contributed by atoms with Crippen molar-refractivity contribution in [1.82, 2.24) is 4.90 Å². The SMILES string of the molecule is CCOC(=O)C1(S(=O)(=O)c2ccccc2)CCN(Cc2ccc(C)cc2)CC1. The van der Waals surface area contributed by atoms with Crippen molar-refractivity contribution < 1.29 is 17.9 Å². The van der Waals surface area contributed by atoms with Crippen molar-refractivity contribution in [3.63, 3.8) is 0 Å². The maximum atomic E-state index is 13.4. The van der Waals surface area contributed by atoms with E-state index >= 15 is 0 Å². The predicted molar refractivity (Wildman–Crippen MR) is 109 cm³/mol. The summed E-state index contributed by atoms with van der Waals surface area (Å²) in [5, 5.41) is 0. The summed E-state index contributed by atoms with van der Waals surface area (Å²) >= 11 is 0. The second kappa shape index (κ2) is 8.45. The molecule has 0 spiro atoms. The largest absolute Gasteiger partial charge is 0.465 e. The first-order chi connectivity index (χ1) is 13.4. The van der Waals surface area contributed by atoms with Crippen molar-refractivity contribution in [3.05, 3.63) is 65.7 Å². The lowest BCUT2D eigenvalue weighted by Crippen LogP contribution is -2.54. The van der Waals surface area contributed by atoms with Crippen LogP contribution in [0.15, 0.2) is 59.5 Å². The van der Waals surface area contributed by atoms with Crippen molar-refractivity contribution in [1.29, 1.82) is 0 Å². The highest BCUT2D eigenvalue weighted by Gasteiger charge is 2.54. The van der Waals surface area contributed by atoms with E-state index in [1.807, 2.05) is 6.92 Å². The Hall–Kier alpha value is -2.18. The molecule has 3 rings (SSSR count). The standard InChI is InChI=1S/C22H27NO4S/c1-3-27-21(24)22(28(25,26)20-7-5-4-6-8-20)13-15-23(16-14-22)17-19-11-9-18(2)10-12-19/h4-12H,3,13-17H2,1-2H3. The highest BCUT2D eigenvalue weighted by molar-refractivity contribution is 7.93. The van der Waals surface area contributed by atoms with E-state index in [4.69, 9.17) is 4.74 Å². The van der Waals surface area contributed by atoms with Gasteiger partial charge in [0.05, 0.1) is 11.5 Å². The Bertz CT molecular complexity index is 899. The van der Waals surface area contributed by atoms with Gasteiger partial charge in [0.25, 0.3) is 0 Å². The number of hydrogen-bond acceptors (Lipinski definition) is 5.